The van der Waals surface area contributed by atoms with Crippen molar-refractivity contribution in [3.8, 4) is 0 Å². The summed E-state index contributed by atoms with van der Waals surface area (Å²) < 4.78 is 18.4. The Balaban J connectivity index is 2.62. The van der Waals surface area contributed by atoms with E-state index in [9.17, 15) is 9.18 Å². The van der Waals surface area contributed by atoms with E-state index < -0.39 is 5.82 Å². The van der Waals surface area contributed by atoms with Gasteiger partial charge in [-0.1, -0.05) is 12.2 Å². The van der Waals surface area contributed by atoms with E-state index in [-0.39, 0.29) is 23.0 Å². The summed E-state index contributed by atoms with van der Waals surface area (Å²) in [6, 6.07) is 4.21. The second-order valence-corrected chi connectivity index (χ2v) is 4.14. The summed E-state index contributed by atoms with van der Waals surface area (Å²) in [5.74, 6) is -0.811. The van der Waals surface area contributed by atoms with Crippen molar-refractivity contribution < 1.29 is 13.9 Å². The second-order valence-electron chi connectivity index (χ2n) is 3.70. The minimum absolute atomic E-state index is 0.117. The highest BCUT2D eigenvalue weighted by Crippen LogP contribution is 2.16. The lowest BCUT2D eigenvalue weighted by Crippen LogP contribution is -2.14. The van der Waals surface area contributed by atoms with Gasteiger partial charge in [0.1, 0.15) is 10.8 Å². The van der Waals surface area contributed by atoms with Crippen LogP contribution in [-0.2, 0) is 9.53 Å². The quantitative estimate of drug-likeness (QED) is 0.611. The Morgan fingerprint density at radius 2 is 2.28 bits per heavy atom. The second kappa shape index (κ2) is 7.03. The lowest BCUT2D eigenvalue weighted by molar-refractivity contribution is -0.116. The van der Waals surface area contributed by atoms with Gasteiger partial charge in [-0.2, -0.15) is 0 Å². The molecule has 1 aromatic carbocycles. The highest BCUT2D eigenvalue weighted by Gasteiger charge is 2.08. The molecule has 0 aliphatic carbocycles. The lowest BCUT2D eigenvalue weighted by Gasteiger charge is -2.07. The molecule has 0 aromatic heterocycles. The van der Waals surface area contributed by atoms with Gasteiger partial charge >= 0.3 is 0 Å². The summed E-state index contributed by atoms with van der Waals surface area (Å²) in [7, 11) is 1.56. The SMILES string of the molecule is COCCCC(=O)Nc1ccc(C(N)=S)cc1F. The Labute approximate surface area is 110 Å². The fourth-order valence-corrected chi connectivity index (χ4v) is 1.49. The van der Waals surface area contributed by atoms with Crippen LogP contribution in [0.1, 0.15) is 18.4 Å². The molecule has 0 aliphatic heterocycles. The van der Waals surface area contributed by atoms with Crippen molar-refractivity contribution in [2.24, 2.45) is 5.73 Å². The molecule has 1 rings (SSSR count). The summed E-state index contributed by atoms with van der Waals surface area (Å²) in [4.78, 5) is 11.6. The number of thiocarbonyl (C=S) groups is 1. The first-order valence-corrected chi connectivity index (χ1v) is 5.83. The third-order valence-corrected chi connectivity index (χ3v) is 2.52. The predicted octanol–water partition coefficient (Wildman–Crippen LogP) is 1.83. The van der Waals surface area contributed by atoms with Crippen LogP contribution in [0.2, 0.25) is 0 Å². The van der Waals surface area contributed by atoms with Crippen molar-refractivity contribution in [2.75, 3.05) is 19.0 Å². The Morgan fingerprint density at radius 3 is 2.83 bits per heavy atom. The molecule has 4 nitrogen and oxygen atoms in total. The molecule has 6 heteroatoms. The Bertz CT molecular complexity index is 452. The lowest BCUT2D eigenvalue weighted by atomic mass is 10.2. The van der Waals surface area contributed by atoms with Crippen molar-refractivity contribution in [1.82, 2.24) is 0 Å². The molecule has 0 atom stereocenters. The normalized spacial score (nSPS) is 10.1. The van der Waals surface area contributed by atoms with E-state index in [0.717, 1.165) is 0 Å². The largest absolute Gasteiger partial charge is 0.389 e. The monoisotopic (exact) mass is 270 g/mol. The predicted molar refractivity (Wildman–Crippen MR) is 72.0 cm³/mol. The zero-order chi connectivity index (χ0) is 13.5. The smallest absolute Gasteiger partial charge is 0.224 e. The van der Waals surface area contributed by atoms with Crippen LogP contribution in [0.3, 0.4) is 0 Å². The molecule has 0 spiro atoms. The molecular weight excluding hydrogens is 255 g/mol. The Kier molecular flexibility index (Phi) is 5.67. The van der Waals surface area contributed by atoms with Gasteiger partial charge in [0.15, 0.2) is 0 Å². The van der Waals surface area contributed by atoms with E-state index >= 15 is 0 Å². The molecule has 3 N–H and O–H groups in total. The summed E-state index contributed by atoms with van der Waals surface area (Å²) in [5.41, 5.74) is 5.93. The van der Waals surface area contributed by atoms with E-state index in [1.54, 1.807) is 13.2 Å². The number of anilines is 1. The maximum atomic E-state index is 13.6. The van der Waals surface area contributed by atoms with Crippen molar-refractivity contribution in [3.63, 3.8) is 0 Å². The van der Waals surface area contributed by atoms with Crippen molar-refractivity contribution >= 4 is 28.8 Å². The van der Waals surface area contributed by atoms with Gasteiger partial charge in [0.05, 0.1) is 5.69 Å². The number of amides is 1. The van der Waals surface area contributed by atoms with Crippen LogP contribution in [0.25, 0.3) is 0 Å². The highest BCUT2D eigenvalue weighted by atomic mass is 32.1. The van der Waals surface area contributed by atoms with Gasteiger partial charge in [0.25, 0.3) is 0 Å². The number of methoxy groups -OCH3 is 1. The molecule has 0 heterocycles. The first-order valence-electron chi connectivity index (χ1n) is 5.42. The Hall–Kier alpha value is -1.53. The zero-order valence-corrected chi connectivity index (χ0v) is 10.8. The van der Waals surface area contributed by atoms with Crippen LogP contribution in [0, 0.1) is 5.82 Å². The number of carbonyl (C=O) groups is 1. The average Bonchev–Trinajstić information content (AvgIpc) is 2.32. The van der Waals surface area contributed by atoms with Gasteiger partial charge in [-0.05, 0) is 24.6 Å². The van der Waals surface area contributed by atoms with E-state index in [4.69, 9.17) is 22.7 Å². The standard InChI is InChI=1S/C12H15FN2O2S/c1-17-6-2-3-11(16)15-10-5-4-8(12(14)18)7-9(10)13/h4-5,7H,2-3,6H2,1H3,(H2,14,18)(H,15,16). The molecule has 0 radical (unpaired) electrons. The number of halogens is 1. The molecule has 1 aromatic rings. The number of nitrogens with one attached hydrogen (secondary N) is 1. The maximum Gasteiger partial charge on any atom is 0.224 e. The fourth-order valence-electron chi connectivity index (χ4n) is 1.36. The number of nitrogens with two attached hydrogens (primary N) is 1. The van der Waals surface area contributed by atoms with Gasteiger partial charge in [-0.15, -0.1) is 0 Å². The van der Waals surface area contributed by atoms with Crippen LogP contribution in [0.4, 0.5) is 10.1 Å². The minimum Gasteiger partial charge on any atom is -0.389 e. The van der Waals surface area contributed by atoms with E-state index in [1.807, 2.05) is 0 Å². The molecular formula is C12H15FN2O2S. The maximum absolute atomic E-state index is 13.6. The fraction of sp³-hybridized carbons (Fsp3) is 0.333. The van der Waals surface area contributed by atoms with Crippen LogP contribution >= 0.6 is 12.2 Å². The summed E-state index contributed by atoms with van der Waals surface area (Å²) in [5, 5.41) is 2.48. The molecule has 0 fully saturated rings. The number of rotatable bonds is 6. The van der Waals surface area contributed by atoms with Crippen LogP contribution in [0.5, 0.6) is 0 Å². The zero-order valence-electron chi connectivity index (χ0n) is 10.0. The van der Waals surface area contributed by atoms with Crippen LogP contribution in [0.15, 0.2) is 18.2 Å². The number of ether oxygens (including phenoxy) is 1. The number of benzene rings is 1. The van der Waals surface area contributed by atoms with Crippen molar-refractivity contribution in [3.05, 3.63) is 29.6 Å². The topological polar surface area (TPSA) is 64.3 Å². The van der Waals surface area contributed by atoms with E-state index in [2.05, 4.69) is 5.32 Å². The van der Waals surface area contributed by atoms with Gasteiger partial charge in [0.2, 0.25) is 5.91 Å². The molecule has 98 valence electrons. The van der Waals surface area contributed by atoms with Gasteiger partial charge in [-0.3, -0.25) is 4.79 Å². The molecule has 1 amide bonds. The number of hydrogen-bond acceptors (Lipinski definition) is 3. The number of hydrogen-bond donors (Lipinski definition) is 2. The van der Waals surface area contributed by atoms with Crippen molar-refractivity contribution in [1.29, 1.82) is 0 Å². The van der Waals surface area contributed by atoms with Gasteiger partial charge in [0, 0.05) is 25.7 Å². The highest BCUT2D eigenvalue weighted by molar-refractivity contribution is 7.80. The molecule has 18 heavy (non-hydrogen) atoms. The first kappa shape index (κ1) is 14.5. The van der Waals surface area contributed by atoms with Crippen LogP contribution in [-0.4, -0.2) is 24.6 Å². The van der Waals surface area contributed by atoms with Crippen molar-refractivity contribution in [2.45, 2.75) is 12.8 Å². The summed E-state index contributed by atoms with van der Waals surface area (Å²) >= 11 is 4.73. The average molecular weight is 270 g/mol. The number of carbonyl (C=O) groups excluding carboxylic acids is 1. The third-order valence-electron chi connectivity index (χ3n) is 2.28. The van der Waals surface area contributed by atoms with E-state index in [1.165, 1.54) is 12.1 Å². The van der Waals surface area contributed by atoms with Crippen LogP contribution < -0.4 is 11.1 Å². The summed E-state index contributed by atoms with van der Waals surface area (Å²) in [6.07, 6.45) is 0.874. The molecule has 0 saturated heterocycles. The van der Waals surface area contributed by atoms with Gasteiger partial charge < -0.3 is 15.8 Å². The summed E-state index contributed by atoms with van der Waals surface area (Å²) in [6.45, 7) is 0.496. The molecule has 0 bridgehead atoms. The van der Waals surface area contributed by atoms with E-state index in [0.29, 0.717) is 18.6 Å². The van der Waals surface area contributed by atoms with Gasteiger partial charge in [-0.25, -0.2) is 4.39 Å². The minimum atomic E-state index is -0.555. The molecule has 0 unspecified atom stereocenters. The Morgan fingerprint density at radius 1 is 1.56 bits per heavy atom. The molecule has 0 aliphatic rings. The first-order chi connectivity index (χ1) is 8.54. The third kappa shape index (κ3) is 4.38. The molecule has 0 saturated carbocycles.